The SMILES string of the molecule is Cc1cccc(C2(O)C3CCC2CN(Cc2ccccc2)C3)c1. The van der Waals surface area contributed by atoms with Gasteiger partial charge in [-0.25, -0.2) is 0 Å². The number of hydrogen-bond acceptors (Lipinski definition) is 2. The average molecular weight is 307 g/mol. The highest BCUT2D eigenvalue weighted by Crippen LogP contribution is 2.51. The summed E-state index contributed by atoms with van der Waals surface area (Å²) in [5, 5.41) is 11.5. The molecule has 0 radical (unpaired) electrons. The Bertz CT molecular complexity index is 667. The van der Waals surface area contributed by atoms with Crippen LogP contribution in [0.4, 0.5) is 0 Å². The molecule has 2 heteroatoms. The summed E-state index contributed by atoms with van der Waals surface area (Å²) in [7, 11) is 0. The Labute approximate surface area is 138 Å². The van der Waals surface area contributed by atoms with Crippen LogP contribution in [0.3, 0.4) is 0 Å². The van der Waals surface area contributed by atoms with Gasteiger partial charge in [0.05, 0.1) is 5.60 Å². The van der Waals surface area contributed by atoms with E-state index in [9.17, 15) is 5.11 Å². The summed E-state index contributed by atoms with van der Waals surface area (Å²) in [5.41, 5.74) is 3.11. The normalized spacial score (nSPS) is 30.5. The van der Waals surface area contributed by atoms with Gasteiger partial charge in [-0.15, -0.1) is 0 Å². The molecule has 2 atom stereocenters. The first-order chi connectivity index (χ1) is 11.2. The molecule has 1 N–H and O–H groups in total. The van der Waals surface area contributed by atoms with Gasteiger partial charge >= 0.3 is 0 Å². The molecule has 1 saturated heterocycles. The quantitative estimate of drug-likeness (QED) is 0.934. The number of likely N-dealkylation sites (tertiary alicyclic amines) is 1. The zero-order valence-corrected chi connectivity index (χ0v) is 13.8. The smallest absolute Gasteiger partial charge is 0.0977 e. The third-order valence-electron chi connectivity index (χ3n) is 5.80. The first-order valence-corrected chi connectivity index (χ1v) is 8.72. The Morgan fingerprint density at radius 1 is 1.00 bits per heavy atom. The average Bonchev–Trinajstić information content (AvgIpc) is 2.74. The van der Waals surface area contributed by atoms with Crippen LogP contribution in [0.2, 0.25) is 0 Å². The van der Waals surface area contributed by atoms with Crippen LogP contribution in [-0.2, 0) is 12.1 Å². The number of nitrogens with zero attached hydrogens (tertiary/aromatic N) is 1. The molecule has 1 saturated carbocycles. The molecule has 1 heterocycles. The van der Waals surface area contributed by atoms with Gasteiger partial charge in [-0.3, -0.25) is 4.90 Å². The Balaban J connectivity index is 1.56. The minimum absolute atomic E-state index is 0.353. The Kier molecular flexibility index (Phi) is 3.74. The fourth-order valence-corrected chi connectivity index (χ4v) is 4.67. The molecule has 2 nitrogen and oxygen atoms in total. The minimum Gasteiger partial charge on any atom is -0.384 e. The molecule has 2 aliphatic rings. The van der Waals surface area contributed by atoms with E-state index in [2.05, 4.69) is 66.4 Å². The first kappa shape index (κ1) is 14.9. The molecule has 23 heavy (non-hydrogen) atoms. The molecule has 2 bridgehead atoms. The summed E-state index contributed by atoms with van der Waals surface area (Å²) >= 11 is 0. The van der Waals surface area contributed by atoms with Gasteiger partial charge in [0, 0.05) is 31.5 Å². The van der Waals surface area contributed by atoms with Gasteiger partial charge in [-0.1, -0.05) is 60.2 Å². The van der Waals surface area contributed by atoms with Crippen molar-refractivity contribution >= 4 is 0 Å². The lowest BCUT2D eigenvalue weighted by atomic mass is 9.75. The highest BCUT2D eigenvalue weighted by molar-refractivity contribution is 5.31. The van der Waals surface area contributed by atoms with E-state index in [1.165, 1.54) is 11.1 Å². The third-order valence-corrected chi connectivity index (χ3v) is 5.80. The summed E-state index contributed by atoms with van der Waals surface area (Å²) < 4.78 is 0. The maximum Gasteiger partial charge on any atom is 0.0977 e. The van der Waals surface area contributed by atoms with E-state index in [4.69, 9.17) is 0 Å². The molecule has 0 spiro atoms. The maximum atomic E-state index is 11.5. The second-order valence-electron chi connectivity index (χ2n) is 7.35. The van der Waals surface area contributed by atoms with Gasteiger partial charge in [0.25, 0.3) is 0 Å². The maximum absolute atomic E-state index is 11.5. The van der Waals surface area contributed by atoms with Gasteiger partial charge in [-0.2, -0.15) is 0 Å². The van der Waals surface area contributed by atoms with Gasteiger partial charge < -0.3 is 5.11 Å². The third kappa shape index (κ3) is 2.60. The van der Waals surface area contributed by atoms with Gasteiger partial charge in [0.2, 0.25) is 0 Å². The lowest BCUT2D eigenvalue weighted by Gasteiger charge is -2.45. The highest BCUT2D eigenvalue weighted by Gasteiger charge is 2.53. The molecule has 2 fully saturated rings. The predicted molar refractivity (Wildman–Crippen MR) is 93.0 cm³/mol. The van der Waals surface area contributed by atoms with E-state index in [1.807, 2.05) is 0 Å². The monoisotopic (exact) mass is 307 g/mol. The minimum atomic E-state index is -0.626. The van der Waals surface area contributed by atoms with Crippen LogP contribution in [0.5, 0.6) is 0 Å². The van der Waals surface area contributed by atoms with Crippen molar-refractivity contribution in [2.24, 2.45) is 11.8 Å². The number of fused-ring (bicyclic) bond motifs is 2. The van der Waals surface area contributed by atoms with E-state index in [0.717, 1.165) is 38.0 Å². The Hall–Kier alpha value is -1.64. The fourth-order valence-electron chi connectivity index (χ4n) is 4.67. The number of hydrogen-bond donors (Lipinski definition) is 1. The number of rotatable bonds is 3. The number of aryl methyl sites for hydroxylation is 1. The molecule has 120 valence electrons. The van der Waals surface area contributed by atoms with Crippen LogP contribution < -0.4 is 0 Å². The predicted octanol–water partition coefficient (Wildman–Crippen LogP) is 3.72. The highest BCUT2D eigenvalue weighted by atomic mass is 16.3. The van der Waals surface area contributed by atoms with Gasteiger partial charge in [0.1, 0.15) is 0 Å². The summed E-state index contributed by atoms with van der Waals surface area (Å²) in [5.74, 6) is 0.707. The van der Waals surface area contributed by atoms with E-state index in [0.29, 0.717) is 11.8 Å². The molecular weight excluding hydrogens is 282 g/mol. The molecule has 1 aliphatic carbocycles. The van der Waals surface area contributed by atoms with Crippen LogP contribution in [0.1, 0.15) is 29.5 Å². The second-order valence-corrected chi connectivity index (χ2v) is 7.35. The molecule has 2 aromatic rings. The van der Waals surface area contributed by atoms with Crippen LogP contribution >= 0.6 is 0 Å². The summed E-state index contributed by atoms with van der Waals surface area (Å²) in [6, 6.07) is 19.2. The number of piperidine rings is 1. The van der Waals surface area contributed by atoms with E-state index >= 15 is 0 Å². The molecule has 1 aliphatic heterocycles. The molecule has 0 aromatic heterocycles. The van der Waals surface area contributed by atoms with Gasteiger partial charge in [-0.05, 0) is 30.9 Å². The summed E-state index contributed by atoms with van der Waals surface area (Å²) in [6.45, 7) is 5.10. The van der Waals surface area contributed by atoms with Crippen LogP contribution in [0.15, 0.2) is 54.6 Å². The van der Waals surface area contributed by atoms with Crippen molar-refractivity contribution in [1.82, 2.24) is 4.90 Å². The molecule has 2 unspecified atom stereocenters. The zero-order chi connectivity index (χ0) is 15.9. The van der Waals surface area contributed by atoms with Crippen LogP contribution in [0, 0.1) is 18.8 Å². The number of aliphatic hydroxyl groups is 1. The van der Waals surface area contributed by atoms with Crippen molar-refractivity contribution in [2.45, 2.75) is 31.9 Å². The van der Waals surface area contributed by atoms with Crippen LogP contribution in [-0.4, -0.2) is 23.1 Å². The van der Waals surface area contributed by atoms with E-state index < -0.39 is 5.60 Å². The van der Waals surface area contributed by atoms with Crippen molar-refractivity contribution in [2.75, 3.05) is 13.1 Å². The summed E-state index contributed by atoms with van der Waals surface area (Å²) in [6.07, 6.45) is 2.28. The standard InChI is InChI=1S/C21H25NO/c1-16-6-5-9-18(12-16)21(23)19-10-11-20(21)15-22(14-19)13-17-7-3-2-4-8-17/h2-9,12,19-20,23H,10-11,13-15H2,1H3. The van der Waals surface area contributed by atoms with E-state index in [-0.39, 0.29) is 0 Å². The lowest BCUT2D eigenvalue weighted by molar-refractivity contribution is -0.0914. The van der Waals surface area contributed by atoms with Crippen molar-refractivity contribution < 1.29 is 5.11 Å². The topological polar surface area (TPSA) is 23.5 Å². The molecule has 4 rings (SSSR count). The molecule has 2 aromatic carbocycles. The Morgan fingerprint density at radius 3 is 2.35 bits per heavy atom. The fraction of sp³-hybridized carbons (Fsp3) is 0.429. The van der Waals surface area contributed by atoms with E-state index in [1.54, 1.807) is 0 Å². The molecular formula is C21H25NO. The number of benzene rings is 2. The first-order valence-electron chi connectivity index (χ1n) is 8.72. The van der Waals surface area contributed by atoms with Crippen molar-refractivity contribution in [1.29, 1.82) is 0 Å². The second kappa shape index (κ2) is 5.77. The van der Waals surface area contributed by atoms with Crippen molar-refractivity contribution in [3.8, 4) is 0 Å². The van der Waals surface area contributed by atoms with Crippen LogP contribution in [0.25, 0.3) is 0 Å². The largest absolute Gasteiger partial charge is 0.384 e. The Morgan fingerprint density at radius 2 is 1.70 bits per heavy atom. The zero-order valence-electron chi connectivity index (χ0n) is 13.8. The van der Waals surface area contributed by atoms with Crippen molar-refractivity contribution in [3.05, 3.63) is 71.3 Å². The van der Waals surface area contributed by atoms with Crippen molar-refractivity contribution in [3.63, 3.8) is 0 Å². The molecule has 0 amide bonds. The summed E-state index contributed by atoms with van der Waals surface area (Å²) in [4.78, 5) is 2.53. The lowest BCUT2D eigenvalue weighted by Crippen LogP contribution is -2.51. The van der Waals surface area contributed by atoms with Gasteiger partial charge in [0.15, 0.2) is 0 Å².